The molecule has 4 rings (SSSR count). The summed E-state index contributed by atoms with van der Waals surface area (Å²) in [6, 6.07) is 26.0. The predicted octanol–water partition coefficient (Wildman–Crippen LogP) is 3.32. The van der Waals surface area contributed by atoms with Crippen LogP contribution < -0.4 is 10.9 Å². The number of benzene rings is 3. The van der Waals surface area contributed by atoms with Gasteiger partial charge in [0.05, 0.1) is 23.4 Å². The Morgan fingerprint density at radius 3 is 2.15 bits per heavy atom. The summed E-state index contributed by atoms with van der Waals surface area (Å²) in [7, 11) is 1.80. The first kappa shape index (κ1) is 22.9. The number of nitrogens with one attached hydrogen (secondary N) is 1. The van der Waals surface area contributed by atoms with Gasteiger partial charge in [0.2, 0.25) is 0 Å². The summed E-state index contributed by atoms with van der Waals surface area (Å²) in [6.45, 7) is -0.390. The molecule has 0 radical (unpaired) electrons. The molecule has 0 fully saturated rings. The minimum atomic E-state index is -0.534. The molecular weight excluding hydrogens is 430 g/mol. The van der Waals surface area contributed by atoms with Gasteiger partial charge >= 0.3 is 5.97 Å². The fourth-order valence-electron chi connectivity index (χ4n) is 3.85. The van der Waals surface area contributed by atoms with Crippen molar-refractivity contribution < 1.29 is 14.3 Å². The molecule has 0 saturated carbocycles. The van der Waals surface area contributed by atoms with Gasteiger partial charge in [0.25, 0.3) is 11.5 Å². The molecule has 0 aliphatic carbocycles. The molecule has 4 aromatic rings. The van der Waals surface area contributed by atoms with E-state index in [2.05, 4.69) is 10.3 Å². The largest absolute Gasteiger partial charge is 0.456 e. The molecule has 0 bridgehead atoms. The molecule has 0 aliphatic heterocycles. The third-order valence-electron chi connectivity index (χ3n) is 5.60. The van der Waals surface area contributed by atoms with E-state index in [1.54, 1.807) is 23.7 Å². The number of hydrogen-bond acceptors (Lipinski definition) is 5. The van der Waals surface area contributed by atoms with Crippen LogP contribution in [0.5, 0.6) is 0 Å². The van der Waals surface area contributed by atoms with Crippen molar-refractivity contribution in [2.45, 2.75) is 18.9 Å². The van der Waals surface area contributed by atoms with E-state index in [0.29, 0.717) is 11.2 Å². The minimum Gasteiger partial charge on any atom is -0.456 e. The minimum absolute atomic E-state index is 0.00665. The number of para-hydroxylation sites is 1. The van der Waals surface area contributed by atoms with Gasteiger partial charge in [0.1, 0.15) is 5.82 Å². The van der Waals surface area contributed by atoms with Gasteiger partial charge in [-0.05, 0) is 23.3 Å². The van der Waals surface area contributed by atoms with Gasteiger partial charge < -0.3 is 14.6 Å². The highest BCUT2D eigenvalue weighted by molar-refractivity contribution is 5.81. The summed E-state index contributed by atoms with van der Waals surface area (Å²) < 4.78 is 6.98. The molecule has 0 aliphatic rings. The van der Waals surface area contributed by atoms with Gasteiger partial charge in [0, 0.05) is 13.5 Å². The molecule has 0 spiro atoms. The van der Waals surface area contributed by atoms with Crippen molar-refractivity contribution in [2.24, 2.45) is 7.05 Å². The van der Waals surface area contributed by atoms with Crippen LogP contribution in [0, 0.1) is 0 Å². The number of amides is 1. The lowest BCUT2D eigenvalue weighted by Crippen LogP contribution is -2.33. The Morgan fingerprint density at radius 1 is 0.912 bits per heavy atom. The Bertz CT molecular complexity index is 1310. The van der Waals surface area contributed by atoms with Crippen molar-refractivity contribution in [1.82, 2.24) is 14.9 Å². The third-order valence-corrected chi connectivity index (χ3v) is 5.60. The van der Waals surface area contributed by atoms with E-state index in [9.17, 15) is 14.4 Å². The first-order chi connectivity index (χ1) is 16.5. The molecular formula is C27H25N3O4. The number of carbonyl (C=O) groups is 2. The number of aryl methyl sites for hydroxylation is 2. The summed E-state index contributed by atoms with van der Waals surface area (Å²) in [5, 5.41) is 3.47. The molecule has 172 valence electrons. The van der Waals surface area contributed by atoms with Crippen LogP contribution in [-0.2, 0) is 27.8 Å². The Balaban J connectivity index is 1.36. The second-order valence-electron chi connectivity index (χ2n) is 7.89. The predicted molar refractivity (Wildman–Crippen MR) is 129 cm³/mol. The summed E-state index contributed by atoms with van der Waals surface area (Å²) in [6.07, 6.45) is 0.236. The average Bonchev–Trinajstić information content (AvgIpc) is 2.88. The van der Waals surface area contributed by atoms with Crippen molar-refractivity contribution in [1.29, 1.82) is 0 Å². The second-order valence-corrected chi connectivity index (χ2v) is 7.89. The van der Waals surface area contributed by atoms with Gasteiger partial charge in [-0.3, -0.25) is 14.4 Å². The van der Waals surface area contributed by atoms with Crippen LogP contribution in [-0.4, -0.2) is 28.0 Å². The fourth-order valence-corrected chi connectivity index (χ4v) is 3.85. The molecule has 0 saturated heterocycles. The molecule has 1 amide bonds. The Morgan fingerprint density at radius 2 is 1.50 bits per heavy atom. The number of nitrogens with zero attached hydrogens (tertiary/aromatic N) is 2. The number of carbonyl (C=O) groups excluding carboxylic acids is 2. The maximum Gasteiger partial charge on any atom is 0.306 e. The molecule has 3 aromatic carbocycles. The number of ether oxygens (including phenoxy) is 1. The molecule has 0 unspecified atom stereocenters. The normalized spacial score (nSPS) is 10.9. The summed E-state index contributed by atoms with van der Waals surface area (Å²) in [5.41, 5.74) is 2.27. The van der Waals surface area contributed by atoms with Crippen LogP contribution in [0.1, 0.15) is 29.4 Å². The van der Waals surface area contributed by atoms with Crippen LogP contribution in [0.3, 0.4) is 0 Å². The van der Waals surface area contributed by atoms with Gasteiger partial charge in [-0.1, -0.05) is 72.8 Å². The maximum absolute atomic E-state index is 12.6. The zero-order valence-corrected chi connectivity index (χ0v) is 18.8. The zero-order chi connectivity index (χ0) is 23.9. The fraction of sp³-hybridized carbons (Fsp3) is 0.185. The Kier molecular flexibility index (Phi) is 7.13. The smallest absolute Gasteiger partial charge is 0.306 e. The van der Waals surface area contributed by atoms with Gasteiger partial charge in [-0.2, -0.15) is 4.98 Å². The quantitative estimate of drug-likeness (QED) is 0.412. The number of esters is 1. The lowest BCUT2D eigenvalue weighted by molar-refractivity contribution is -0.148. The average molecular weight is 456 g/mol. The van der Waals surface area contributed by atoms with Crippen molar-refractivity contribution >= 4 is 22.8 Å². The van der Waals surface area contributed by atoms with Crippen molar-refractivity contribution in [3.8, 4) is 0 Å². The van der Waals surface area contributed by atoms with Gasteiger partial charge in [-0.25, -0.2) is 0 Å². The topological polar surface area (TPSA) is 90.3 Å². The van der Waals surface area contributed by atoms with Crippen LogP contribution >= 0.6 is 0 Å². The monoisotopic (exact) mass is 455 g/mol. The van der Waals surface area contributed by atoms with E-state index in [0.717, 1.165) is 16.6 Å². The molecule has 7 nitrogen and oxygen atoms in total. The summed E-state index contributed by atoms with van der Waals surface area (Å²) >= 11 is 0. The second kappa shape index (κ2) is 10.6. The van der Waals surface area contributed by atoms with E-state index < -0.39 is 11.9 Å². The van der Waals surface area contributed by atoms with Crippen LogP contribution in [0.2, 0.25) is 0 Å². The van der Waals surface area contributed by atoms with Crippen molar-refractivity contribution in [2.75, 3.05) is 6.61 Å². The lowest BCUT2D eigenvalue weighted by Gasteiger charge is -2.20. The van der Waals surface area contributed by atoms with E-state index in [1.807, 2.05) is 72.8 Å². The Labute approximate surface area is 197 Å². The first-order valence-electron chi connectivity index (χ1n) is 11.0. The summed E-state index contributed by atoms with van der Waals surface area (Å²) in [5.74, 6) is -0.450. The highest BCUT2D eigenvalue weighted by Crippen LogP contribution is 2.21. The molecule has 0 atom stereocenters. The van der Waals surface area contributed by atoms with Crippen molar-refractivity contribution in [3.05, 3.63) is 112 Å². The van der Waals surface area contributed by atoms with Crippen LogP contribution in [0.15, 0.2) is 89.7 Å². The number of hydrogen-bond donors (Lipinski definition) is 1. The Hall–Kier alpha value is -4.26. The van der Waals surface area contributed by atoms with Gasteiger partial charge in [0.15, 0.2) is 6.61 Å². The number of rotatable bonds is 8. The maximum atomic E-state index is 12.6. The third kappa shape index (κ3) is 5.38. The first-order valence-corrected chi connectivity index (χ1v) is 11.0. The molecule has 1 N–H and O–H groups in total. The van der Waals surface area contributed by atoms with Gasteiger partial charge in [-0.15, -0.1) is 0 Å². The SMILES string of the molecule is Cn1c(CCC(=O)OCC(=O)NC(c2ccccc2)c2ccccc2)nc(=O)c2ccccc21. The van der Waals surface area contributed by atoms with E-state index in [1.165, 1.54) is 0 Å². The highest BCUT2D eigenvalue weighted by Gasteiger charge is 2.18. The lowest BCUT2D eigenvalue weighted by atomic mass is 9.99. The molecule has 34 heavy (non-hydrogen) atoms. The number of aromatic nitrogens is 2. The van der Waals surface area contributed by atoms with E-state index in [4.69, 9.17) is 4.74 Å². The van der Waals surface area contributed by atoms with E-state index in [-0.39, 0.29) is 31.0 Å². The highest BCUT2D eigenvalue weighted by atomic mass is 16.5. The molecule has 1 heterocycles. The zero-order valence-electron chi connectivity index (χ0n) is 18.8. The standard InChI is InChI=1S/C27H25N3O4/c1-30-22-15-9-8-14-21(22)27(33)28-23(30)16-17-25(32)34-18-24(31)29-26(19-10-4-2-5-11-19)20-12-6-3-7-13-20/h2-15,26H,16-18H2,1H3,(H,29,31). The number of fused-ring (bicyclic) bond motifs is 1. The van der Waals surface area contributed by atoms with E-state index >= 15 is 0 Å². The molecule has 7 heteroatoms. The van der Waals surface area contributed by atoms with Crippen LogP contribution in [0.25, 0.3) is 10.9 Å². The summed E-state index contributed by atoms with van der Waals surface area (Å²) in [4.78, 5) is 41.2. The molecule has 1 aromatic heterocycles. The van der Waals surface area contributed by atoms with Crippen LogP contribution in [0.4, 0.5) is 0 Å². The van der Waals surface area contributed by atoms with Crippen molar-refractivity contribution in [3.63, 3.8) is 0 Å².